The summed E-state index contributed by atoms with van der Waals surface area (Å²) in [6.07, 6.45) is 0. The Bertz CT molecular complexity index is 198. The Labute approximate surface area is 51.8 Å². The zero-order valence-corrected chi connectivity index (χ0v) is 5.28. The highest BCUT2D eigenvalue weighted by molar-refractivity contribution is 7.84. The van der Waals surface area contributed by atoms with Gasteiger partial charge in [0.1, 0.15) is 0 Å². The molecule has 1 heterocycles. The van der Waals surface area contributed by atoms with Gasteiger partial charge in [-0.3, -0.25) is 0 Å². The van der Waals surface area contributed by atoms with Crippen molar-refractivity contribution in [1.29, 1.82) is 0 Å². The molecule has 1 aliphatic heterocycles. The van der Waals surface area contributed by atoms with E-state index in [1.54, 1.807) is 0 Å². The maximum Gasteiger partial charge on any atom is 0.506 e. The van der Waals surface area contributed by atoms with Crippen LogP contribution in [0.4, 0.5) is 0 Å². The first-order valence-electron chi connectivity index (χ1n) is 1.62. The number of hydrogen-bond acceptors (Lipinski definition) is 5. The second-order valence-electron chi connectivity index (χ2n) is 1.02. The van der Waals surface area contributed by atoms with Crippen LogP contribution in [0.15, 0.2) is 11.4 Å². The second-order valence-corrected chi connectivity index (χ2v) is 2.43. The molecule has 0 unspecified atom stereocenters. The summed E-state index contributed by atoms with van der Waals surface area (Å²) < 4.78 is 27.9. The summed E-state index contributed by atoms with van der Waals surface area (Å²) in [6.45, 7) is 0. The van der Waals surface area contributed by atoms with E-state index in [2.05, 4.69) is 21.0 Å². The SMILES string of the molecule is O=S1(=O)OC(=CS)O1. The van der Waals surface area contributed by atoms with Crippen molar-refractivity contribution in [1.82, 2.24) is 0 Å². The Morgan fingerprint density at radius 2 is 2.00 bits per heavy atom. The molecule has 0 spiro atoms. The number of rotatable bonds is 0. The lowest BCUT2D eigenvalue weighted by Crippen LogP contribution is -2.21. The van der Waals surface area contributed by atoms with Gasteiger partial charge in [0, 0.05) is 0 Å². The van der Waals surface area contributed by atoms with Gasteiger partial charge in [-0.1, -0.05) is 0 Å². The molecule has 0 radical (unpaired) electrons. The third-order valence-electron chi connectivity index (χ3n) is 0.474. The third kappa shape index (κ3) is 0.896. The van der Waals surface area contributed by atoms with Crippen LogP contribution in [-0.4, -0.2) is 8.42 Å². The molecule has 1 fully saturated rings. The Kier molecular flexibility index (Phi) is 1.12. The highest BCUT2D eigenvalue weighted by atomic mass is 32.3. The van der Waals surface area contributed by atoms with Crippen LogP contribution in [0.3, 0.4) is 0 Å². The lowest BCUT2D eigenvalue weighted by Gasteiger charge is -2.15. The molecule has 0 amide bonds. The Morgan fingerprint density at radius 3 is 2.12 bits per heavy atom. The van der Waals surface area contributed by atoms with Crippen molar-refractivity contribution < 1.29 is 16.8 Å². The van der Waals surface area contributed by atoms with Crippen molar-refractivity contribution in [3.63, 3.8) is 0 Å². The van der Waals surface area contributed by atoms with Crippen molar-refractivity contribution >= 4 is 23.0 Å². The molecule has 4 nitrogen and oxygen atoms in total. The number of thiol groups is 1. The molecule has 1 rings (SSSR count). The van der Waals surface area contributed by atoms with Crippen LogP contribution < -0.4 is 0 Å². The van der Waals surface area contributed by atoms with Crippen LogP contribution >= 0.6 is 12.6 Å². The van der Waals surface area contributed by atoms with E-state index in [-0.39, 0.29) is 5.95 Å². The van der Waals surface area contributed by atoms with E-state index in [9.17, 15) is 8.42 Å². The van der Waals surface area contributed by atoms with E-state index >= 15 is 0 Å². The molecular weight excluding hydrogens is 152 g/mol. The normalized spacial score (nSPS) is 22.4. The molecule has 0 aromatic rings. The highest BCUT2D eigenvalue weighted by Gasteiger charge is 2.30. The lowest BCUT2D eigenvalue weighted by molar-refractivity contribution is 0.121. The molecule has 46 valence electrons. The van der Waals surface area contributed by atoms with Gasteiger partial charge < -0.3 is 8.37 Å². The molecule has 0 bridgehead atoms. The highest BCUT2D eigenvalue weighted by Crippen LogP contribution is 2.21. The number of hydrogen-bond donors (Lipinski definition) is 1. The maximum atomic E-state index is 9.94. The maximum absolute atomic E-state index is 9.94. The van der Waals surface area contributed by atoms with Gasteiger partial charge >= 0.3 is 16.3 Å². The van der Waals surface area contributed by atoms with Gasteiger partial charge in [0.15, 0.2) is 0 Å². The quantitative estimate of drug-likeness (QED) is 0.499. The van der Waals surface area contributed by atoms with Gasteiger partial charge in [-0.15, -0.1) is 21.0 Å². The van der Waals surface area contributed by atoms with Crippen molar-refractivity contribution in [2.24, 2.45) is 0 Å². The fourth-order valence-corrected chi connectivity index (χ4v) is 1.01. The van der Waals surface area contributed by atoms with E-state index in [1.165, 1.54) is 0 Å². The van der Waals surface area contributed by atoms with Gasteiger partial charge in [-0.2, -0.15) is 0 Å². The molecule has 0 aromatic heterocycles. The van der Waals surface area contributed by atoms with E-state index in [0.29, 0.717) is 0 Å². The zero-order chi connectivity index (χ0) is 6.20. The average Bonchev–Trinajstić information content (AvgIpc) is 1.60. The van der Waals surface area contributed by atoms with Crippen LogP contribution in [0.1, 0.15) is 0 Å². The standard InChI is InChI=1S/C2H2O4S2/c3-8(4)5-2(1-7)6-8/h1,7H. The van der Waals surface area contributed by atoms with Gasteiger partial charge in [-0.05, 0) is 0 Å². The smallest absolute Gasteiger partial charge is 0.314 e. The monoisotopic (exact) mass is 154 g/mol. The van der Waals surface area contributed by atoms with Gasteiger partial charge in [-0.25, -0.2) is 0 Å². The molecule has 0 saturated carbocycles. The molecule has 0 N–H and O–H groups in total. The minimum absolute atomic E-state index is 0.0895. The first-order chi connectivity index (χ1) is 3.64. The van der Waals surface area contributed by atoms with Crippen molar-refractivity contribution in [2.75, 3.05) is 0 Å². The lowest BCUT2D eigenvalue weighted by atomic mass is 11.1. The topological polar surface area (TPSA) is 52.6 Å². The molecule has 0 aliphatic carbocycles. The van der Waals surface area contributed by atoms with E-state index in [1.807, 2.05) is 0 Å². The van der Waals surface area contributed by atoms with E-state index < -0.39 is 10.4 Å². The predicted octanol–water partition coefficient (Wildman–Crippen LogP) is 0.00670. The molecular formula is C2H2O4S2. The van der Waals surface area contributed by atoms with Crippen molar-refractivity contribution in [2.45, 2.75) is 0 Å². The summed E-state index contributed by atoms with van der Waals surface area (Å²) in [4.78, 5) is 0. The summed E-state index contributed by atoms with van der Waals surface area (Å²) in [6, 6.07) is 0. The minimum Gasteiger partial charge on any atom is -0.314 e. The average molecular weight is 154 g/mol. The van der Waals surface area contributed by atoms with Crippen LogP contribution in [0.2, 0.25) is 0 Å². The predicted molar refractivity (Wildman–Crippen MR) is 28.2 cm³/mol. The van der Waals surface area contributed by atoms with Gasteiger partial charge in [0.25, 0.3) is 0 Å². The van der Waals surface area contributed by atoms with Gasteiger partial charge in [0.2, 0.25) is 0 Å². The molecule has 0 atom stereocenters. The van der Waals surface area contributed by atoms with Crippen molar-refractivity contribution in [3.8, 4) is 0 Å². The van der Waals surface area contributed by atoms with Gasteiger partial charge in [0.05, 0.1) is 5.41 Å². The van der Waals surface area contributed by atoms with Crippen LogP contribution in [0, 0.1) is 0 Å². The first kappa shape index (κ1) is 5.77. The van der Waals surface area contributed by atoms with E-state index in [0.717, 1.165) is 5.41 Å². The summed E-state index contributed by atoms with van der Waals surface area (Å²) in [5.41, 5.74) is 0. The van der Waals surface area contributed by atoms with Crippen LogP contribution in [0.25, 0.3) is 0 Å². The zero-order valence-electron chi connectivity index (χ0n) is 3.57. The van der Waals surface area contributed by atoms with E-state index in [4.69, 9.17) is 0 Å². The minimum atomic E-state index is -3.66. The Balaban J connectivity index is 2.69. The molecule has 0 aromatic carbocycles. The molecule has 1 aliphatic rings. The van der Waals surface area contributed by atoms with Crippen LogP contribution in [-0.2, 0) is 18.8 Å². The Hall–Kier alpha value is -0.360. The first-order valence-corrected chi connectivity index (χ1v) is 3.47. The molecule has 8 heavy (non-hydrogen) atoms. The fourth-order valence-electron chi connectivity index (χ4n) is 0.250. The molecule has 6 heteroatoms. The summed E-state index contributed by atoms with van der Waals surface area (Å²) in [5, 5.41) is 1.11. The largest absolute Gasteiger partial charge is 0.506 e. The fraction of sp³-hybridized carbons (Fsp3) is 0. The second kappa shape index (κ2) is 1.56. The van der Waals surface area contributed by atoms with Crippen molar-refractivity contribution in [3.05, 3.63) is 11.4 Å². The summed E-state index contributed by atoms with van der Waals surface area (Å²) >= 11 is 3.55. The summed E-state index contributed by atoms with van der Waals surface area (Å²) in [5.74, 6) is -0.0895. The molecule has 1 saturated heterocycles. The Morgan fingerprint density at radius 1 is 1.50 bits per heavy atom. The van der Waals surface area contributed by atoms with Crippen LogP contribution in [0.5, 0.6) is 0 Å². The third-order valence-corrected chi connectivity index (χ3v) is 1.42. The summed E-state index contributed by atoms with van der Waals surface area (Å²) in [7, 11) is -3.66.